The summed E-state index contributed by atoms with van der Waals surface area (Å²) in [6.45, 7) is 1.61. The minimum absolute atomic E-state index is 0.0284. The summed E-state index contributed by atoms with van der Waals surface area (Å²) >= 11 is 0. The van der Waals surface area contributed by atoms with Crippen LogP contribution >= 0.6 is 0 Å². The van der Waals surface area contributed by atoms with Gasteiger partial charge in [-0.1, -0.05) is 12.1 Å². The summed E-state index contributed by atoms with van der Waals surface area (Å²) in [7, 11) is 0. The number of hydrogen-bond acceptors (Lipinski definition) is 3. The third kappa shape index (κ3) is 3.69. The molecule has 5 nitrogen and oxygen atoms in total. The van der Waals surface area contributed by atoms with E-state index in [1.807, 2.05) is 4.90 Å². The summed E-state index contributed by atoms with van der Waals surface area (Å²) < 4.78 is 0. The van der Waals surface area contributed by atoms with E-state index in [0.717, 1.165) is 25.9 Å². The summed E-state index contributed by atoms with van der Waals surface area (Å²) in [5.41, 5.74) is 6.26. The molecular formula is C16H17N3O2. The third-order valence-electron chi connectivity index (χ3n) is 3.50. The minimum Gasteiger partial charge on any atom is -0.365 e. The summed E-state index contributed by atoms with van der Waals surface area (Å²) in [6, 6.07) is 8.58. The molecule has 1 aliphatic heterocycles. The van der Waals surface area contributed by atoms with E-state index in [9.17, 15) is 9.59 Å². The molecule has 1 heterocycles. The SMILES string of the molecule is N#C/C(=C\c1ccc(C(=O)N2CCCCC2)cc1)C(N)=O. The molecule has 0 radical (unpaired) electrons. The fourth-order valence-corrected chi connectivity index (χ4v) is 2.33. The topological polar surface area (TPSA) is 87.2 Å². The number of piperidine rings is 1. The first kappa shape index (κ1) is 14.8. The summed E-state index contributed by atoms with van der Waals surface area (Å²) in [5.74, 6) is -0.730. The van der Waals surface area contributed by atoms with Crippen molar-refractivity contribution in [3.8, 4) is 6.07 Å². The van der Waals surface area contributed by atoms with Crippen LogP contribution in [-0.2, 0) is 4.79 Å². The molecule has 0 aromatic heterocycles. The molecule has 21 heavy (non-hydrogen) atoms. The highest BCUT2D eigenvalue weighted by molar-refractivity contribution is 6.00. The fraction of sp³-hybridized carbons (Fsp3) is 0.312. The molecule has 108 valence electrons. The number of nitriles is 1. The molecule has 0 atom stereocenters. The number of rotatable bonds is 3. The molecular weight excluding hydrogens is 266 g/mol. The number of primary amides is 1. The Labute approximate surface area is 123 Å². The quantitative estimate of drug-likeness (QED) is 0.676. The first-order chi connectivity index (χ1) is 10.1. The average molecular weight is 283 g/mol. The van der Waals surface area contributed by atoms with E-state index >= 15 is 0 Å². The van der Waals surface area contributed by atoms with Gasteiger partial charge in [-0.05, 0) is 43.0 Å². The number of benzene rings is 1. The highest BCUT2D eigenvalue weighted by atomic mass is 16.2. The summed E-state index contributed by atoms with van der Waals surface area (Å²) in [5, 5.41) is 8.79. The number of amides is 2. The van der Waals surface area contributed by atoms with Crippen molar-refractivity contribution in [1.29, 1.82) is 5.26 Å². The Kier molecular flexibility index (Phi) is 4.72. The average Bonchev–Trinajstić information content (AvgIpc) is 2.53. The van der Waals surface area contributed by atoms with E-state index < -0.39 is 5.91 Å². The lowest BCUT2D eigenvalue weighted by atomic mass is 10.1. The second-order valence-electron chi connectivity index (χ2n) is 5.01. The molecule has 0 saturated carbocycles. The van der Waals surface area contributed by atoms with E-state index in [1.54, 1.807) is 30.3 Å². The lowest BCUT2D eigenvalue weighted by Crippen LogP contribution is -2.35. The Hall–Kier alpha value is -2.61. The van der Waals surface area contributed by atoms with E-state index in [2.05, 4.69) is 0 Å². The smallest absolute Gasteiger partial charge is 0.259 e. The van der Waals surface area contributed by atoms with Crippen LogP contribution in [0.1, 0.15) is 35.2 Å². The largest absolute Gasteiger partial charge is 0.365 e. The van der Waals surface area contributed by atoms with Crippen LogP contribution in [0.4, 0.5) is 0 Å². The van der Waals surface area contributed by atoms with Crippen molar-refractivity contribution >= 4 is 17.9 Å². The van der Waals surface area contributed by atoms with Crippen molar-refractivity contribution in [2.45, 2.75) is 19.3 Å². The van der Waals surface area contributed by atoms with Gasteiger partial charge < -0.3 is 10.6 Å². The van der Waals surface area contributed by atoms with Gasteiger partial charge in [-0.25, -0.2) is 0 Å². The summed E-state index contributed by atoms with van der Waals surface area (Å²) in [4.78, 5) is 25.1. The van der Waals surface area contributed by atoms with Gasteiger partial charge in [0, 0.05) is 18.7 Å². The third-order valence-corrected chi connectivity index (χ3v) is 3.50. The van der Waals surface area contributed by atoms with Crippen molar-refractivity contribution < 1.29 is 9.59 Å². The normalized spacial score (nSPS) is 15.4. The van der Waals surface area contributed by atoms with Crippen LogP contribution in [0.25, 0.3) is 6.08 Å². The van der Waals surface area contributed by atoms with E-state index in [1.165, 1.54) is 12.5 Å². The number of hydrogen-bond donors (Lipinski definition) is 1. The maximum Gasteiger partial charge on any atom is 0.259 e. The predicted molar refractivity (Wildman–Crippen MR) is 79.0 cm³/mol. The van der Waals surface area contributed by atoms with Gasteiger partial charge in [0.05, 0.1) is 0 Å². The second kappa shape index (κ2) is 6.71. The number of carbonyl (C=O) groups is 2. The van der Waals surface area contributed by atoms with Crippen molar-refractivity contribution in [2.75, 3.05) is 13.1 Å². The van der Waals surface area contributed by atoms with Crippen molar-refractivity contribution in [3.05, 3.63) is 41.0 Å². The van der Waals surface area contributed by atoms with Gasteiger partial charge in [-0.2, -0.15) is 5.26 Å². The van der Waals surface area contributed by atoms with E-state index in [-0.39, 0.29) is 11.5 Å². The first-order valence-corrected chi connectivity index (χ1v) is 6.93. The monoisotopic (exact) mass is 283 g/mol. The maximum atomic E-state index is 12.3. The lowest BCUT2D eigenvalue weighted by Gasteiger charge is -2.26. The van der Waals surface area contributed by atoms with Crippen LogP contribution in [0, 0.1) is 11.3 Å². The van der Waals surface area contributed by atoms with Crippen LogP contribution in [0.15, 0.2) is 29.8 Å². The van der Waals surface area contributed by atoms with Gasteiger partial charge in [-0.3, -0.25) is 9.59 Å². The van der Waals surface area contributed by atoms with Gasteiger partial charge >= 0.3 is 0 Å². The molecule has 2 amide bonds. The Bertz CT molecular complexity index is 605. The highest BCUT2D eigenvalue weighted by Crippen LogP contribution is 2.15. The Balaban J connectivity index is 2.13. The highest BCUT2D eigenvalue weighted by Gasteiger charge is 2.17. The number of nitrogens with zero attached hydrogens (tertiary/aromatic N) is 2. The number of carbonyl (C=O) groups excluding carboxylic acids is 2. The second-order valence-corrected chi connectivity index (χ2v) is 5.01. The summed E-state index contributed by atoms with van der Waals surface area (Å²) in [6.07, 6.45) is 4.70. The van der Waals surface area contributed by atoms with Crippen molar-refractivity contribution in [1.82, 2.24) is 4.90 Å². The first-order valence-electron chi connectivity index (χ1n) is 6.93. The van der Waals surface area contributed by atoms with Gasteiger partial charge in [0.1, 0.15) is 11.6 Å². The minimum atomic E-state index is -0.758. The Morgan fingerprint density at radius 2 is 1.76 bits per heavy atom. The molecule has 1 aromatic carbocycles. The zero-order valence-corrected chi connectivity index (χ0v) is 11.7. The molecule has 1 fully saturated rings. The van der Waals surface area contributed by atoms with Gasteiger partial charge in [-0.15, -0.1) is 0 Å². The molecule has 1 aromatic rings. The lowest BCUT2D eigenvalue weighted by molar-refractivity contribution is -0.114. The van der Waals surface area contributed by atoms with Gasteiger partial charge in [0.15, 0.2) is 0 Å². The van der Waals surface area contributed by atoms with Crippen molar-refractivity contribution in [2.24, 2.45) is 5.73 Å². The number of likely N-dealkylation sites (tertiary alicyclic amines) is 1. The Morgan fingerprint density at radius 3 is 2.29 bits per heavy atom. The molecule has 1 aliphatic rings. The fourth-order valence-electron chi connectivity index (χ4n) is 2.33. The van der Waals surface area contributed by atoms with Gasteiger partial charge in [0.25, 0.3) is 11.8 Å². The van der Waals surface area contributed by atoms with Crippen molar-refractivity contribution in [3.63, 3.8) is 0 Å². The standard InChI is InChI=1S/C16H17N3O2/c17-11-14(15(18)20)10-12-4-6-13(7-5-12)16(21)19-8-2-1-3-9-19/h4-7,10H,1-3,8-9H2,(H2,18,20)/b14-10+. The molecule has 0 aliphatic carbocycles. The molecule has 0 spiro atoms. The van der Waals surface area contributed by atoms with E-state index in [4.69, 9.17) is 11.0 Å². The zero-order valence-electron chi connectivity index (χ0n) is 11.7. The van der Waals surface area contributed by atoms with Gasteiger partial charge in [0.2, 0.25) is 0 Å². The van der Waals surface area contributed by atoms with Crippen LogP contribution in [0.5, 0.6) is 0 Å². The van der Waals surface area contributed by atoms with Crippen LogP contribution in [-0.4, -0.2) is 29.8 Å². The molecule has 1 saturated heterocycles. The van der Waals surface area contributed by atoms with Crippen LogP contribution in [0.2, 0.25) is 0 Å². The molecule has 2 rings (SSSR count). The van der Waals surface area contributed by atoms with Crippen LogP contribution < -0.4 is 5.73 Å². The molecule has 0 unspecified atom stereocenters. The zero-order chi connectivity index (χ0) is 15.2. The maximum absolute atomic E-state index is 12.3. The molecule has 2 N–H and O–H groups in total. The number of nitrogens with two attached hydrogens (primary N) is 1. The molecule has 0 bridgehead atoms. The van der Waals surface area contributed by atoms with E-state index in [0.29, 0.717) is 11.1 Å². The Morgan fingerprint density at radius 1 is 1.14 bits per heavy atom. The van der Waals surface area contributed by atoms with Crippen LogP contribution in [0.3, 0.4) is 0 Å². The predicted octanol–water partition coefficient (Wildman–Crippen LogP) is 1.70. The molecule has 5 heteroatoms.